The highest BCUT2D eigenvalue weighted by molar-refractivity contribution is 7.71. The minimum absolute atomic E-state index is 0.571. The van der Waals surface area contributed by atoms with E-state index in [4.69, 9.17) is 23.8 Å². The lowest BCUT2D eigenvalue weighted by Crippen LogP contribution is -2.31. The van der Waals surface area contributed by atoms with Gasteiger partial charge in [0.2, 0.25) is 0 Å². The van der Waals surface area contributed by atoms with Crippen molar-refractivity contribution in [3.8, 4) is 0 Å². The van der Waals surface area contributed by atoms with E-state index in [0.717, 1.165) is 30.7 Å². The molecule has 19 heavy (non-hydrogen) atoms. The summed E-state index contributed by atoms with van der Waals surface area (Å²) in [7, 11) is 2.14. The fourth-order valence-corrected chi connectivity index (χ4v) is 2.46. The summed E-state index contributed by atoms with van der Waals surface area (Å²) >= 11 is 11.3. The van der Waals surface area contributed by atoms with Gasteiger partial charge in [0.25, 0.3) is 0 Å². The van der Waals surface area contributed by atoms with E-state index in [0.29, 0.717) is 15.8 Å². The van der Waals surface area contributed by atoms with Crippen LogP contribution in [-0.2, 0) is 6.54 Å². The SMILES string of the molecule is CCC(C)N(C)CCn1c(=S)[nH]c2cc(Cl)cnc21. The maximum atomic E-state index is 5.93. The molecule has 0 aliphatic heterocycles. The second-order valence-electron chi connectivity index (χ2n) is 4.84. The molecule has 6 heteroatoms. The summed E-state index contributed by atoms with van der Waals surface area (Å²) < 4.78 is 2.72. The Morgan fingerprint density at radius 2 is 2.32 bits per heavy atom. The van der Waals surface area contributed by atoms with Crippen molar-refractivity contribution in [1.29, 1.82) is 0 Å². The molecule has 2 rings (SSSR count). The molecule has 4 nitrogen and oxygen atoms in total. The van der Waals surface area contributed by atoms with Crippen LogP contribution in [-0.4, -0.2) is 39.1 Å². The van der Waals surface area contributed by atoms with E-state index in [9.17, 15) is 0 Å². The van der Waals surface area contributed by atoms with Gasteiger partial charge in [-0.05, 0) is 38.7 Å². The van der Waals surface area contributed by atoms with E-state index in [2.05, 4.69) is 35.8 Å². The van der Waals surface area contributed by atoms with Crippen molar-refractivity contribution in [3.05, 3.63) is 22.1 Å². The van der Waals surface area contributed by atoms with Gasteiger partial charge in [-0.1, -0.05) is 18.5 Å². The van der Waals surface area contributed by atoms with Gasteiger partial charge in [0.1, 0.15) is 0 Å². The molecule has 0 aromatic carbocycles. The maximum Gasteiger partial charge on any atom is 0.179 e. The molecular weight excluding hydrogens is 280 g/mol. The Labute approximate surface area is 123 Å². The van der Waals surface area contributed by atoms with Gasteiger partial charge in [0.05, 0.1) is 10.5 Å². The monoisotopic (exact) mass is 298 g/mol. The molecule has 0 bridgehead atoms. The van der Waals surface area contributed by atoms with Crippen LogP contribution in [0.1, 0.15) is 20.3 Å². The van der Waals surface area contributed by atoms with Gasteiger partial charge in [-0.15, -0.1) is 0 Å². The molecule has 0 aliphatic rings. The number of fused-ring (bicyclic) bond motifs is 1. The van der Waals surface area contributed by atoms with Gasteiger partial charge < -0.3 is 14.5 Å². The van der Waals surface area contributed by atoms with E-state index in [1.807, 2.05) is 10.6 Å². The smallest absolute Gasteiger partial charge is 0.179 e. The lowest BCUT2D eigenvalue weighted by Gasteiger charge is -2.23. The lowest BCUT2D eigenvalue weighted by molar-refractivity contribution is 0.243. The standard InChI is InChI=1S/C13H19ClN4S/c1-4-9(2)17(3)5-6-18-12-11(16-13(18)19)7-10(14)8-15-12/h7-9H,4-6H2,1-3H3,(H,16,19). The normalized spacial score (nSPS) is 13.3. The van der Waals surface area contributed by atoms with Crippen molar-refractivity contribution < 1.29 is 0 Å². The Bertz CT molecular complexity index is 619. The minimum atomic E-state index is 0.571. The summed E-state index contributed by atoms with van der Waals surface area (Å²) in [5.41, 5.74) is 1.76. The van der Waals surface area contributed by atoms with Crippen molar-refractivity contribution in [2.24, 2.45) is 0 Å². The second-order valence-corrected chi connectivity index (χ2v) is 5.67. The molecule has 2 aromatic heterocycles. The van der Waals surface area contributed by atoms with Crippen LogP contribution in [0.2, 0.25) is 5.02 Å². The molecular formula is C13H19ClN4S. The van der Waals surface area contributed by atoms with Crippen LogP contribution in [0.25, 0.3) is 11.2 Å². The van der Waals surface area contributed by atoms with Gasteiger partial charge >= 0.3 is 0 Å². The number of nitrogens with one attached hydrogen (secondary N) is 1. The van der Waals surface area contributed by atoms with Crippen LogP contribution in [0.3, 0.4) is 0 Å². The number of nitrogens with zero attached hydrogens (tertiary/aromatic N) is 3. The highest BCUT2D eigenvalue weighted by Gasteiger charge is 2.10. The van der Waals surface area contributed by atoms with Gasteiger partial charge in [-0.3, -0.25) is 0 Å². The fourth-order valence-electron chi connectivity index (χ4n) is 2.02. The molecule has 0 fully saturated rings. The van der Waals surface area contributed by atoms with Crippen molar-refractivity contribution in [2.45, 2.75) is 32.9 Å². The number of hydrogen-bond acceptors (Lipinski definition) is 3. The van der Waals surface area contributed by atoms with Crippen molar-refractivity contribution in [1.82, 2.24) is 19.4 Å². The van der Waals surface area contributed by atoms with Gasteiger partial charge in [-0.2, -0.15) is 0 Å². The molecule has 0 saturated carbocycles. The first-order valence-electron chi connectivity index (χ1n) is 6.47. The van der Waals surface area contributed by atoms with E-state index in [1.165, 1.54) is 0 Å². The first-order chi connectivity index (χ1) is 9.02. The van der Waals surface area contributed by atoms with Gasteiger partial charge in [-0.25, -0.2) is 4.98 Å². The van der Waals surface area contributed by atoms with Crippen molar-refractivity contribution in [3.63, 3.8) is 0 Å². The molecule has 104 valence electrons. The van der Waals surface area contributed by atoms with Gasteiger partial charge in [0, 0.05) is 25.3 Å². The Kier molecular flexibility index (Phi) is 4.60. The average Bonchev–Trinajstić information content (AvgIpc) is 2.69. The van der Waals surface area contributed by atoms with E-state index < -0.39 is 0 Å². The number of likely N-dealkylation sites (N-methyl/N-ethyl adjacent to an activating group) is 1. The quantitative estimate of drug-likeness (QED) is 0.859. The highest BCUT2D eigenvalue weighted by atomic mass is 35.5. The molecule has 0 amide bonds. The number of rotatable bonds is 5. The van der Waals surface area contributed by atoms with E-state index in [-0.39, 0.29) is 0 Å². The zero-order valence-corrected chi connectivity index (χ0v) is 13.1. The molecule has 0 aliphatic carbocycles. The molecule has 2 heterocycles. The summed E-state index contributed by atoms with van der Waals surface area (Å²) in [6, 6.07) is 2.43. The van der Waals surface area contributed by atoms with Crippen LogP contribution in [0.5, 0.6) is 0 Å². The number of halogens is 1. The highest BCUT2D eigenvalue weighted by Crippen LogP contribution is 2.16. The molecule has 2 aromatic rings. The first kappa shape index (κ1) is 14.5. The summed E-state index contributed by atoms with van der Waals surface area (Å²) in [5.74, 6) is 0. The topological polar surface area (TPSA) is 36.9 Å². The van der Waals surface area contributed by atoms with E-state index >= 15 is 0 Å². The van der Waals surface area contributed by atoms with Crippen molar-refractivity contribution >= 4 is 35.0 Å². The summed E-state index contributed by atoms with van der Waals surface area (Å²) in [5, 5.41) is 0.618. The Morgan fingerprint density at radius 3 is 3.00 bits per heavy atom. The summed E-state index contributed by atoms with van der Waals surface area (Å²) in [6.07, 6.45) is 2.80. The number of pyridine rings is 1. The summed E-state index contributed by atoms with van der Waals surface area (Å²) in [4.78, 5) is 9.84. The second kappa shape index (κ2) is 6.03. The third-order valence-electron chi connectivity index (χ3n) is 3.60. The van der Waals surface area contributed by atoms with E-state index in [1.54, 1.807) is 6.20 Å². The Hall–Kier alpha value is -0.910. The number of hydrogen-bond donors (Lipinski definition) is 1. The van der Waals surface area contributed by atoms with Crippen molar-refractivity contribution in [2.75, 3.05) is 13.6 Å². The first-order valence-corrected chi connectivity index (χ1v) is 7.25. The molecule has 1 unspecified atom stereocenters. The predicted molar refractivity (Wildman–Crippen MR) is 82.3 cm³/mol. The van der Waals surface area contributed by atoms with Crippen LogP contribution in [0.15, 0.2) is 12.3 Å². The molecule has 0 radical (unpaired) electrons. The number of H-pyrrole nitrogens is 1. The third-order valence-corrected chi connectivity index (χ3v) is 4.12. The number of imidazole rings is 1. The molecule has 0 spiro atoms. The Morgan fingerprint density at radius 1 is 1.58 bits per heavy atom. The van der Waals surface area contributed by atoms with Crippen LogP contribution >= 0.6 is 23.8 Å². The van der Waals surface area contributed by atoms with Crippen LogP contribution in [0, 0.1) is 4.77 Å². The Balaban J connectivity index is 2.21. The fraction of sp³-hybridized carbons (Fsp3) is 0.538. The molecule has 1 N–H and O–H groups in total. The number of aromatic nitrogens is 3. The van der Waals surface area contributed by atoms with Gasteiger partial charge in [0.15, 0.2) is 10.4 Å². The molecule has 0 saturated heterocycles. The molecule has 1 atom stereocenters. The zero-order valence-electron chi connectivity index (χ0n) is 11.5. The summed E-state index contributed by atoms with van der Waals surface area (Å²) in [6.45, 7) is 6.20. The largest absolute Gasteiger partial charge is 0.329 e. The average molecular weight is 299 g/mol. The van der Waals surface area contributed by atoms with Crippen LogP contribution in [0.4, 0.5) is 0 Å². The minimum Gasteiger partial charge on any atom is -0.329 e. The zero-order chi connectivity index (χ0) is 14.0. The predicted octanol–water partition coefficient (Wildman–Crippen LogP) is 3.48. The third kappa shape index (κ3) is 3.16. The number of aromatic amines is 1. The van der Waals surface area contributed by atoms with Crippen LogP contribution < -0.4 is 0 Å². The maximum absolute atomic E-state index is 5.93. The lowest BCUT2D eigenvalue weighted by atomic mass is 10.2.